The highest BCUT2D eigenvalue weighted by Gasteiger charge is 2.35. The number of nitrogens with zero attached hydrogens (tertiary/aromatic N) is 1. The summed E-state index contributed by atoms with van der Waals surface area (Å²) in [5, 5.41) is 3.23. The van der Waals surface area contributed by atoms with Crippen molar-refractivity contribution in [1.82, 2.24) is 4.90 Å². The van der Waals surface area contributed by atoms with E-state index < -0.39 is 6.23 Å². The molecule has 3 aromatic carbocycles. The number of fused-ring (bicyclic) bond motifs is 3. The van der Waals surface area contributed by atoms with Crippen LogP contribution in [0.15, 0.2) is 90.6 Å². The van der Waals surface area contributed by atoms with Crippen molar-refractivity contribution in [3.63, 3.8) is 0 Å². The average molecular weight is 382 g/mol. The lowest BCUT2D eigenvalue weighted by atomic mass is 9.97. The van der Waals surface area contributed by atoms with Gasteiger partial charge in [0.05, 0.1) is 23.2 Å². The van der Waals surface area contributed by atoms with E-state index >= 15 is 0 Å². The van der Waals surface area contributed by atoms with E-state index in [1.807, 2.05) is 54.6 Å². The monoisotopic (exact) mass is 382 g/mol. The predicted molar refractivity (Wildman–Crippen MR) is 110 cm³/mol. The van der Waals surface area contributed by atoms with Crippen LogP contribution in [0.25, 0.3) is 0 Å². The van der Waals surface area contributed by atoms with Crippen LogP contribution in [0.3, 0.4) is 0 Å². The second-order valence-corrected chi connectivity index (χ2v) is 7.02. The molecule has 0 radical (unpaired) electrons. The van der Waals surface area contributed by atoms with Gasteiger partial charge in [0.15, 0.2) is 5.78 Å². The molecule has 142 valence electrons. The lowest BCUT2D eigenvalue weighted by Crippen LogP contribution is -2.41. The molecular weight excluding hydrogens is 364 g/mol. The maximum absolute atomic E-state index is 13.3. The van der Waals surface area contributed by atoms with Gasteiger partial charge in [0.25, 0.3) is 5.91 Å². The first-order chi connectivity index (χ1) is 14.2. The summed E-state index contributed by atoms with van der Waals surface area (Å²) in [5.41, 5.74) is 3.05. The van der Waals surface area contributed by atoms with Crippen LogP contribution in [0, 0.1) is 0 Å². The standard InChI is InChI=1S/C24H18N2O3/c27-22-18-11-5-7-13-21(18)29-23-19(22)15-26(14-16-8-2-1-3-9-16)24(28)17-10-4-6-12-20(17)25-23/h1-13,15,23,25H,14H2/b19-15-. The molecule has 5 nitrogen and oxygen atoms in total. The minimum atomic E-state index is -0.676. The van der Waals surface area contributed by atoms with Crippen LogP contribution in [-0.2, 0) is 6.54 Å². The molecule has 0 bridgehead atoms. The smallest absolute Gasteiger partial charge is 0.260 e. The summed E-state index contributed by atoms with van der Waals surface area (Å²) < 4.78 is 6.09. The molecule has 2 aliphatic rings. The van der Waals surface area contributed by atoms with Crippen molar-refractivity contribution in [2.75, 3.05) is 5.32 Å². The van der Waals surface area contributed by atoms with Crippen molar-refractivity contribution in [2.45, 2.75) is 12.8 Å². The first-order valence-electron chi connectivity index (χ1n) is 9.43. The number of ether oxygens (including phenoxy) is 1. The topological polar surface area (TPSA) is 58.6 Å². The third kappa shape index (κ3) is 3.06. The molecule has 1 unspecified atom stereocenters. The van der Waals surface area contributed by atoms with E-state index in [1.165, 1.54) is 0 Å². The largest absolute Gasteiger partial charge is 0.466 e. The summed E-state index contributed by atoms with van der Waals surface area (Å²) in [6.07, 6.45) is 0.950. The Balaban J connectivity index is 1.64. The van der Waals surface area contributed by atoms with Crippen molar-refractivity contribution in [2.24, 2.45) is 0 Å². The van der Waals surface area contributed by atoms with E-state index in [1.54, 1.807) is 35.4 Å². The van der Waals surface area contributed by atoms with Crippen molar-refractivity contribution in [3.8, 4) is 5.75 Å². The highest BCUT2D eigenvalue weighted by molar-refractivity contribution is 6.13. The fourth-order valence-corrected chi connectivity index (χ4v) is 3.67. The number of nitrogens with one attached hydrogen (secondary N) is 1. The van der Waals surface area contributed by atoms with Gasteiger partial charge >= 0.3 is 0 Å². The van der Waals surface area contributed by atoms with E-state index in [-0.39, 0.29) is 11.7 Å². The Kier molecular flexibility index (Phi) is 4.13. The van der Waals surface area contributed by atoms with Gasteiger partial charge in [0.1, 0.15) is 5.75 Å². The van der Waals surface area contributed by atoms with Gasteiger partial charge in [-0.05, 0) is 29.8 Å². The maximum atomic E-state index is 13.3. The van der Waals surface area contributed by atoms with E-state index in [9.17, 15) is 9.59 Å². The molecule has 2 aliphatic heterocycles. The first-order valence-corrected chi connectivity index (χ1v) is 9.43. The molecule has 0 spiro atoms. The van der Waals surface area contributed by atoms with E-state index in [0.29, 0.717) is 34.7 Å². The van der Waals surface area contributed by atoms with Crippen molar-refractivity contribution < 1.29 is 14.3 Å². The van der Waals surface area contributed by atoms with Crippen LogP contribution in [0.4, 0.5) is 5.69 Å². The number of rotatable bonds is 2. The molecule has 1 amide bonds. The van der Waals surface area contributed by atoms with Gasteiger partial charge in [0.2, 0.25) is 6.23 Å². The fraction of sp³-hybridized carbons (Fsp3) is 0.0833. The van der Waals surface area contributed by atoms with Gasteiger partial charge in [-0.15, -0.1) is 0 Å². The lowest BCUT2D eigenvalue weighted by molar-refractivity contribution is 0.0805. The summed E-state index contributed by atoms with van der Waals surface area (Å²) in [6, 6.07) is 24.2. The highest BCUT2D eigenvalue weighted by atomic mass is 16.5. The van der Waals surface area contributed by atoms with Crippen LogP contribution in [-0.4, -0.2) is 22.8 Å². The molecule has 5 rings (SSSR count). The van der Waals surface area contributed by atoms with Crippen LogP contribution in [0.2, 0.25) is 0 Å². The molecular formula is C24H18N2O3. The van der Waals surface area contributed by atoms with Gasteiger partial charge in [-0.2, -0.15) is 0 Å². The number of hydrogen-bond acceptors (Lipinski definition) is 4. The Bertz CT molecular complexity index is 1140. The number of hydrogen-bond donors (Lipinski definition) is 1. The molecule has 1 atom stereocenters. The summed E-state index contributed by atoms with van der Waals surface area (Å²) in [6.45, 7) is 0.360. The first kappa shape index (κ1) is 17.3. The Morgan fingerprint density at radius 2 is 1.52 bits per heavy atom. The molecule has 3 aromatic rings. The molecule has 0 aliphatic carbocycles. The second kappa shape index (κ2) is 6.95. The molecule has 29 heavy (non-hydrogen) atoms. The predicted octanol–water partition coefficient (Wildman–Crippen LogP) is 4.24. The van der Waals surface area contributed by atoms with Crippen molar-refractivity contribution in [3.05, 3.63) is 107 Å². The Labute approximate surface area is 168 Å². The Hall–Kier alpha value is -3.86. The normalized spacial score (nSPS) is 19.4. The SMILES string of the molecule is O=C1/C2=C/N(Cc3ccccc3)C(=O)c3ccccc3NC2Oc2ccccc21. The van der Waals surface area contributed by atoms with Crippen LogP contribution >= 0.6 is 0 Å². The molecule has 0 fully saturated rings. The summed E-state index contributed by atoms with van der Waals surface area (Å²) in [7, 11) is 0. The molecule has 2 heterocycles. The van der Waals surface area contributed by atoms with Gasteiger partial charge < -0.3 is 15.0 Å². The van der Waals surface area contributed by atoms with Gasteiger partial charge in [-0.25, -0.2) is 0 Å². The number of para-hydroxylation sites is 2. The third-order valence-electron chi connectivity index (χ3n) is 5.12. The lowest BCUT2D eigenvalue weighted by Gasteiger charge is -2.33. The Morgan fingerprint density at radius 1 is 0.828 bits per heavy atom. The minimum Gasteiger partial charge on any atom is -0.466 e. The third-order valence-corrected chi connectivity index (χ3v) is 5.12. The number of benzene rings is 3. The number of carbonyl (C=O) groups excluding carboxylic acids is 2. The molecule has 0 saturated heterocycles. The number of amides is 1. The number of carbonyl (C=O) groups is 2. The number of anilines is 1. The van der Waals surface area contributed by atoms with Gasteiger partial charge in [-0.1, -0.05) is 54.6 Å². The highest BCUT2D eigenvalue weighted by Crippen LogP contribution is 2.34. The van der Waals surface area contributed by atoms with E-state index in [0.717, 1.165) is 5.56 Å². The van der Waals surface area contributed by atoms with Crippen LogP contribution in [0.1, 0.15) is 26.3 Å². The fourth-order valence-electron chi connectivity index (χ4n) is 3.67. The number of ketones is 1. The zero-order valence-corrected chi connectivity index (χ0v) is 15.5. The second-order valence-electron chi connectivity index (χ2n) is 7.02. The number of Topliss-reactive ketones (excluding diaryl/α,β-unsaturated/α-hetero) is 1. The van der Waals surface area contributed by atoms with Crippen LogP contribution < -0.4 is 10.1 Å². The summed E-state index contributed by atoms with van der Waals surface area (Å²) in [5.74, 6) is 0.218. The summed E-state index contributed by atoms with van der Waals surface area (Å²) >= 11 is 0. The zero-order chi connectivity index (χ0) is 19.8. The van der Waals surface area contributed by atoms with Crippen LogP contribution in [0.5, 0.6) is 5.75 Å². The zero-order valence-electron chi connectivity index (χ0n) is 15.5. The minimum absolute atomic E-state index is 0.144. The molecule has 0 aromatic heterocycles. The average Bonchev–Trinajstić information content (AvgIpc) is 2.75. The van der Waals surface area contributed by atoms with Gasteiger partial charge in [-0.3, -0.25) is 9.59 Å². The van der Waals surface area contributed by atoms with Gasteiger partial charge in [0, 0.05) is 11.9 Å². The summed E-state index contributed by atoms with van der Waals surface area (Å²) in [4.78, 5) is 28.1. The quantitative estimate of drug-likeness (QED) is 0.720. The van der Waals surface area contributed by atoms with Crippen molar-refractivity contribution >= 4 is 17.4 Å². The van der Waals surface area contributed by atoms with Crippen molar-refractivity contribution in [1.29, 1.82) is 0 Å². The molecule has 5 heteroatoms. The van der Waals surface area contributed by atoms with E-state index in [2.05, 4.69) is 5.32 Å². The van der Waals surface area contributed by atoms with E-state index in [4.69, 9.17) is 4.74 Å². The molecule has 1 N–H and O–H groups in total. The molecule has 0 saturated carbocycles. The maximum Gasteiger partial charge on any atom is 0.260 e. The Morgan fingerprint density at radius 3 is 2.34 bits per heavy atom.